The van der Waals surface area contributed by atoms with Crippen LogP contribution in [0.5, 0.6) is 0 Å². The molecule has 0 heterocycles. The summed E-state index contributed by atoms with van der Waals surface area (Å²) in [5, 5.41) is 7.27. The van der Waals surface area contributed by atoms with Crippen molar-refractivity contribution in [3.05, 3.63) is 42.5 Å². The van der Waals surface area contributed by atoms with Crippen molar-refractivity contribution < 1.29 is 19.1 Å². The lowest BCUT2D eigenvalue weighted by Crippen LogP contribution is -2.35. The third-order valence-electron chi connectivity index (χ3n) is 3.42. The molecule has 2 aromatic rings. The van der Waals surface area contributed by atoms with E-state index in [1.807, 2.05) is 56.3 Å². The molecule has 0 aliphatic heterocycles. The van der Waals surface area contributed by atoms with Crippen molar-refractivity contribution in [2.75, 3.05) is 18.5 Å². The van der Waals surface area contributed by atoms with Gasteiger partial charge in [0.05, 0.1) is 18.8 Å². The highest BCUT2D eigenvalue weighted by molar-refractivity contribution is 6.00. The highest BCUT2D eigenvalue weighted by Gasteiger charge is 2.13. The first-order valence-corrected chi connectivity index (χ1v) is 8.31. The molecule has 6 heteroatoms. The van der Waals surface area contributed by atoms with Gasteiger partial charge in [-0.3, -0.25) is 5.32 Å². The van der Waals surface area contributed by atoms with Gasteiger partial charge in [-0.2, -0.15) is 0 Å². The average molecular weight is 344 g/mol. The fourth-order valence-corrected chi connectivity index (χ4v) is 2.22. The van der Waals surface area contributed by atoms with Gasteiger partial charge in [-0.05, 0) is 24.3 Å². The molecular formula is C19H24N2O4. The van der Waals surface area contributed by atoms with E-state index in [2.05, 4.69) is 10.6 Å². The summed E-state index contributed by atoms with van der Waals surface area (Å²) in [7, 11) is 0. The van der Waals surface area contributed by atoms with Crippen molar-refractivity contribution in [2.24, 2.45) is 5.92 Å². The standard InChI is InChI=1S/C19H24N2O4/c1-13(2)12-24-18(22)20-11-14(3)25-19(23)21-17-10-6-8-15-7-4-5-9-16(15)17/h4-10,13-14H,11-12H2,1-3H3,(H,20,22)(H,21,23)/t14-/m0/s1. The number of nitrogens with one attached hydrogen (secondary N) is 2. The fourth-order valence-electron chi connectivity index (χ4n) is 2.22. The molecule has 0 aliphatic rings. The zero-order valence-corrected chi connectivity index (χ0v) is 14.7. The Labute approximate surface area is 147 Å². The fraction of sp³-hybridized carbons (Fsp3) is 0.368. The van der Waals surface area contributed by atoms with Crippen molar-refractivity contribution in [2.45, 2.75) is 26.9 Å². The number of fused-ring (bicyclic) bond motifs is 1. The topological polar surface area (TPSA) is 76.7 Å². The molecule has 1 atom stereocenters. The van der Waals surface area contributed by atoms with Crippen LogP contribution >= 0.6 is 0 Å². The Morgan fingerprint density at radius 3 is 2.48 bits per heavy atom. The van der Waals surface area contributed by atoms with Crippen molar-refractivity contribution in [1.29, 1.82) is 0 Å². The predicted molar refractivity (Wildman–Crippen MR) is 97.7 cm³/mol. The Hall–Kier alpha value is -2.76. The summed E-state index contributed by atoms with van der Waals surface area (Å²) in [6.45, 7) is 6.14. The minimum absolute atomic E-state index is 0.180. The Kier molecular flexibility index (Phi) is 6.62. The van der Waals surface area contributed by atoms with Crippen LogP contribution in [0.1, 0.15) is 20.8 Å². The van der Waals surface area contributed by atoms with Crippen molar-refractivity contribution in [3.8, 4) is 0 Å². The van der Waals surface area contributed by atoms with E-state index in [9.17, 15) is 9.59 Å². The first-order valence-electron chi connectivity index (χ1n) is 8.31. The lowest BCUT2D eigenvalue weighted by Gasteiger charge is -2.16. The molecule has 0 bridgehead atoms. The van der Waals surface area contributed by atoms with E-state index >= 15 is 0 Å². The van der Waals surface area contributed by atoms with Gasteiger partial charge in [-0.25, -0.2) is 9.59 Å². The molecule has 134 valence electrons. The zero-order chi connectivity index (χ0) is 18.2. The minimum Gasteiger partial charge on any atom is -0.449 e. The molecule has 0 saturated carbocycles. The van der Waals surface area contributed by atoms with Gasteiger partial charge in [-0.15, -0.1) is 0 Å². The van der Waals surface area contributed by atoms with Crippen LogP contribution in [0.2, 0.25) is 0 Å². The van der Waals surface area contributed by atoms with E-state index in [1.165, 1.54) is 0 Å². The largest absolute Gasteiger partial charge is 0.449 e. The Morgan fingerprint density at radius 1 is 1.00 bits per heavy atom. The van der Waals surface area contributed by atoms with E-state index in [4.69, 9.17) is 9.47 Å². The summed E-state index contributed by atoms with van der Waals surface area (Å²) >= 11 is 0. The summed E-state index contributed by atoms with van der Waals surface area (Å²) in [6.07, 6.45) is -1.57. The lowest BCUT2D eigenvalue weighted by atomic mass is 10.1. The normalized spacial score (nSPS) is 11.8. The number of amides is 2. The average Bonchev–Trinajstić information content (AvgIpc) is 2.58. The molecule has 0 spiro atoms. The van der Waals surface area contributed by atoms with Crippen molar-refractivity contribution in [3.63, 3.8) is 0 Å². The molecule has 0 fully saturated rings. The number of anilines is 1. The summed E-state index contributed by atoms with van der Waals surface area (Å²) < 4.78 is 10.3. The van der Waals surface area contributed by atoms with E-state index < -0.39 is 18.3 Å². The summed E-state index contributed by atoms with van der Waals surface area (Å²) in [5.41, 5.74) is 0.680. The Morgan fingerprint density at radius 2 is 1.72 bits per heavy atom. The molecule has 0 aromatic heterocycles. The number of carbonyl (C=O) groups is 2. The summed E-state index contributed by atoms with van der Waals surface area (Å²) in [6, 6.07) is 13.4. The lowest BCUT2D eigenvalue weighted by molar-refractivity contribution is 0.107. The zero-order valence-electron chi connectivity index (χ0n) is 14.7. The first kappa shape index (κ1) is 18.6. The third-order valence-corrected chi connectivity index (χ3v) is 3.42. The maximum Gasteiger partial charge on any atom is 0.411 e. The number of benzene rings is 2. The predicted octanol–water partition coefficient (Wildman–Crippen LogP) is 4.16. The monoisotopic (exact) mass is 344 g/mol. The second-order valence-corrected chi connectivity index (χ2v) is 6.24. The summed E-state index contributed by atoms with van der Waals surface area (Å²) in [4.78, 5) is 23.5. The number of carbonyl (C=O) groups excluding carboxylic acids is 2. The summed E-state index contributed by atoms with van der Waals surface area (Å²) in [5.74, 6) is 0.269. The highest BCUT2D eigenvalue weighted by Crippen LogP contribution is 2.23. The quantitative estimate of drug-likeness (QED) is 0.825. The van der Waals surface area contributed by atoms with Gasteiger partial charge < -0.3 is 14.8 Å². The smallest absolute Gasteiger partial charge is 0.411 e. The molecule has 25 heavy (non-hydrogen) atoms. The second kappa shape index (κ2) is 8.92. The minimum atomic E-state index is -0.568. The molecule has 0 saturated heterocycles. The SMILES string of the molecule is CC(C)COC(=O)NC[C@H](C)OC(=O)Nc1cccc2ccccc12. The highest BCUT2D eigenvalue weighted by atomic mass is 16.6. The van der Waals surface area contributed by atoms with Crippen LogP contribution in [0.3, 0.4) is 0 Å². The maximum atomic E-state index is 12.0. The van der Waals surface area contributed by atoms with E-state index in [1.54, 1.807) is 6.92 Å². The van der Waals surface area contributed by atoms with Crippen LogP contribution in [0.4, 0.5) is 15.3 Å². The molecular weight excluding hydrogens is 320 g/mol. The van der Waals surface area contributed by atoms with Crippen LogP contribution in [-0.2, 0) is 9.47 Å². The van der Waals surface area contributed by atoms with Crippen LogP contribution in [0.25, 0.3) is 10.8 Å². The van der Waals surface area contributed by atoms with Gasteiger partial charge in [0.25, 0.3) is 0 Å². The van der Waals surface area contributed by atoms with Crippen LogP contribution in [-0.4, -0.2) is 31.4 Å². The number of hydrogen-bond acceptors (Lipinski definition) is 4. The molecule has 0 aliphatic carbocycles. The van der Waals surface area contributed by atoms with Gasteiger partial charge in [0.1, 0.15) is 6.10 Å². The van der Waals surface area contributed by atoms with Gasteiger partial charge in [0.15, 0.2) is 0 Å². The number of rotatable bonds is 6. The molecule has 0 unspecified atom stereocenters. The van der Waals surface area contributed by atoms with Crippen molar-refractivity contribution >= 4 is 28.6 Å². The van der Waals surface area contributed by atoms with E-state index in [0.717, 1.165) is 10.8 Å². The van der Waals surface area contributed by atoms with Gasteiger partial charge in [0, 0.05) is 5.39 Å². The van der Waals surface area contributed by atoms with Gasteiger partial charge in [-0.1, -0.05) is 50.2 Å². The molecule has 0 radical (unpaired) electrons. The first-order chi connectivity index (χ1) is 12.0. The Balaban J connectivity index is 1.82. The van der Waals surface area contributed by atoms with Gasteiger partial charge in [0.2, 0.25) is 0 Å². The number of ether oxygens (including phenoxy) is 2. The Bertz CT molecular complexity index is 725. The molecule has 2 rings (SSSR count). The van der Waals surface area contributed by atoms with Crippen molar-refractivity contribution in [1.82, 2.24) is 5.32 Å². The molecule has 6 nitrogen and oxygen atoms in total. The molecule has 2 N–H and O–H groups in total. The van der Waals surface area contributed by atoms with Crippen LogP contribution in [0, 0.1) is 5.92 Å². The van der Waals surface area contributed by atoms with E-state index in [-0.39, 0.29) is 12.5 Å². The maximum absolute atomic E-state index is 12.0. The second-order valence-electron chi connectivity index (χ2n) is 6.24. The van der Waals surface area contributed by atoms with Gasteiger partial charge >= 0.3 is 12.2 Å². The van der Waals surface area contributed by atoms with Crippen LogP contribution < -0.4 is 10.6 Å². The molecule has 2 amide bonds. The van der Waals surface area contributed by atoms with Crippen LogP contribution in [0.15, 0.2) is 42.5 Å². The third kappa shape index (κ3) is 5.99. The number of hydrogen-bond donors (Lipinski definition) is 2. The number of alkyl carbamates (subject to hydrolysis) is 1. The molecule has 2 aromatic carbocycles. The van der Waals surface area contributed by atoms with E-state index in [0.29, 0.717) is 12.3 Å².